The van der Waals surface area contributed by atoms with Crippen LogP contribution in [0.5, 0.6) is 0 Å². The minimum absolute atomic E-state index is 0.247. The van der Waals surface area contributed by atoms with Crippen molar-refractivity contribution < 1.29 is 14.3 Å². The number of carbonyl (C=O) groups excluding carboxylic acids is 1. The molecule has 1 aromatic rings. The van der Waals surface area contributed by atoms with Gasteiger partial charge in [-0.3, -0.25) is 0 Å². The molecule has 0 unspecified atom stereocenters. The van der Waals surface area contributed by atoms with Crippen molar-refractivity contribution >= 4 is 27.7 Å². The molecule has 1 aromatic carbocycles. The van der Waals surface area contributed by atoms with Gasteiger partial charge in [0, 0.05) is 4.90 Å². The molecule has 0 spiro atoms. The summed E-state index contributed by atoms with van der Waals surface area (Å²) in [7, 11) is 4.68. The van der Waals surface area contributed by atoms with Gasteiger partial charge in [-0.05, 0) is 24.0 Å². The van der Waals surface area contributed by atoms with E-state index in [2.05, 4.69) is 4.74 Å². The smallest absolute Gasteiger partial charge is 0.438 e. The lowest BCUT2D eigenvalue weighted by molar-refractivity contribution is 0.0669. The molecule has 0 N–H and O–H groups in total. The minimum atomic E-state index is -0.655. The maximum atomic E-state index is 10.7. The first-order chi connectivity index (χ1) is 7.26. The maximum absolute atomic E-state index is 10.7. The Morgan fingerprint density at radius 2 is 2.00 bits per heavy atom. The Hall–Kier alpha value is -0.810. The summed E-state index contributed by atoms with van der Waals surface area (Å²) in [4.78, 5) is 11.9. The molecular weight excluding hydrogens is 232 g/mol. The van der Waals surface area contributed by atoms with Crippen LogP contribution in [0.4, 0.5) is 4.79 Å². The van der Waals surface area contributed by atoms with Gasteiger partial charge in [0.05, 0.1) is 7.11 Å². The Bertz CT molecular complexity index is 311. The van der Waals surface area contributed by atoms with Gasteiger partial charge in [-0.25, -0.2) is 4.79 Å². The molecule has 0 bridgehead atoms. The fourth-order valence-electron chi connectivity index (χ4n) is 0.939. The van der Waals surface area contributed by atoms with Crippen LogP contribution in [-0.4, -0.2) is 19.5 Å². The molecule has 0 saturated heterocycles. The molecule has 1 rings (SSSR count). The monoisotopic (exact) mass is 244 g/mol. The molecular formula is C10H12O3S2. The summed E-state index contributed by atoms with van der Waals surface area (Å²) in [5.74, 6) is 0. The number of carbonyl (C=O) groups is 1. The summed E-state index contributed by atoms with van der Waals surface area (Å²) in [5.41, 5.74) is 0.950. The summed E-state index contributed by atoms with van der Waals surface area (Å²) in [6.07, 6.45) is 1.37. The second kappa shape index (κ2) is 6.63. The van der Waals surface area contributed by atoms with E-state index in [-0.39, 0.29) is 6.61 Å². The Morgan fingerprint density at radius 1 is 1.33 bits per heavy atom. The van der Waals surface area contributed by atoms with Crippen LogP contribution in [0, 0.1) is 0 Å². The fraction of sp³-hybridized carbons (Fsp3) is 0.300. The zero-order chi connectivity index (χ0) is 11.1. The highest BCUT2D eigenvalue weighted by atomic mass is 33.1. The van der Waals surface area contributed by atoms with E-state index < -0.39 is 6.16 Å². The lowest BCUT2D eigenvalue weighted by Crippen LogP contribution is -2.03. The van der Waals surface area contributed by atoms with Crippen molar-refractivity contribution in [1.29, 1.82) is 0 Å². The van der Waals surface area contributed by atoms with E-state index in [0.29, 0.717) is 0 Å². The SMILES string of the molecule is COC(=O)OCc1ccc(SSC)cc1. The quantitative estimate of drug-likeness (QED) is 0.599. The van der Waals surface area contributed by atoms with Crippen LogP contribution < -0.4 is 0 Å². The number of hydrogen-bond donors (Lipinski definition) is 0. The minimum Gasteiger partial charge on any atom is -0.438 e. The van der Waals surface area contributed by atoms with Gasteiger partial charge in [0.25, 0.3) is 0 Å². The Balaban J connectivity index is 2.45. The van der Waals surface area contributed by atoms with Gasteiger partial charge in [-0.15, -0.1) is 0 Å². The first-order valence-corrected chi connectivity index (χ1v) is 6.82. The molecule has 82 valence electrons. The normalized spacial score (nSPS) is 9.73. The van der Waals surface area contributed by atoms with Crippen molar-refractivity contribution in [2.45, 2.75) is 11.5 Å². The third-order valence-electron chi connectivity index (χ3n) is 1.63. The first-order valence-electron chi connectivity index (χ1n) is 4.26. The molecule has 0 fully saturated rings. The molecule has 0 aliphatic carbocycles. The van der Waals surface area contributed by atoms with Gasteiger partial charge in [0.2, 0.25) is 0 Å². The first kappa shape index (κ1) is 12.3. The molecule has 0 radical (unpaired) electrons. The number of ether oxygens (including phenoxy) is 2. The molecule has 0 aliphatic heterocycles. The predicted molar refractivity (Wildman–Crippen MR) is 63.0 cm³/mol. The standard InChI is InChI=1S/C10H12O3S2/c1-12-10(11)13-7-8-3-5-9(6-4-8)15-14-2/h3-6H,7H2,1-2H3. The highest BCUT2D eigenvalue weighted by Crippen LogP contribution is 2.28. The zero-order valence-corrected chi connectivity index (χ0v) is 10.2. The van der Waals surface area contributed by atoms with Crippen molar-refractivity contribution in [2.75, 3.05) is 13.4 Å². The highest BCUT2D eigenvalue weighted by molar-refractivity contribution is 8.76. The number of methoxy groups -OCH3 is 1. The van der Waals surface area contributed by atoms with Crippen molar-refractivity contribution in [2.24, 2.45) is 0 Å². The van der Waals surface area contributed by atoms with Crippen LogP contribution in [0.25, 0.3) is 0 Å². The summed E-state index contributed by atoms with van der Waals surface area (Å²) in [5, 5.41) is 0. The van der Waals surface area contributed by atoms with E-state index in [1.165, 1.54) is 12.0 Å². The van der Waals surface area contributed by atoms with E-state index in [1.807, 2.05) is 30.5 Å². The average molecular weight is 244 g/mol. The lowest BCUT2D eigenvalue weighted by Gasteiger charge is -2.03. The van der Waals surface area contributed by atoms with Gasteiger partial charge in [0.1, 0.15) is 6.61 Å². The molecule has 15 heavy (non-hydrogen) atoms. The fourth-order valence-corrected chi connectivity index (χ4v) is 2.29. The molecule has 0 saturated carbocycles. The van der Waals surface area contributed by atoms with Gasteiger partial charge >= 0.3 is 6.16 Å². The topological polar surface area (TPSA) is 35.5 Å². The van der Waals surface area contributed by atoms with E-state index in [4.69, 9.17) is 4.74 Å². The summed E-state index contributed by atoms with van der Waals surface area (Å²) in [6.45, 7) is 0.247. The number of rotatable bonds is 4. The maximum Gasteiger partial charge on any atom is 0.508 e. The van der Waals surface area contributed by atoms with Crippen molar-refractivity contribution in [3.63, 3.8) is 0 Å². The molecule has 0 atom stereocenters. The molecule has 0 aromatic heterocycles. The van der Waals surface area contributed by atoms with E-state index in [0.717, 1.165) is 5.56 Å². The third-order valence-corrected chi connectivity index (χ3v) is 3.33. The Labute approximate surface area is 96.9 Å². The van der Waals surface area contributed by atoms with E-state index in [9.17, 15) is 4.79 Å². The largest absolute Gasteiger partial charge is 0.508 e. The third kappa shape index (κ3) is 4.48. The molecule has 5 heteroatoms. The molecule has 0 heterocycles. The lowest BCUT2D eigenvalue weighted by atomic mass is 10.2. The Kier molecular flexibility index (Phi) is 5.42. The van der Waals surface area contributed by atoms with Crippen LogP contribution in [0.3, 0.4) is 0 Å². The van der Waals surface area contributed by atoms with Gasteiger partial charge in [-0.2, -0.15) is 0 Å². The van der Waals surface area contributed by atoms with Crippen LogP contribution >= 0.6 is 21.6 Å². The summed E-state index contributed by atoms with van der Waals surface area (Å²) >= 11 is 0. The predicted octanol–water partition coefficient (Wildman–Crippen LogP) is 3.34. The molecule has 3 nitrogen and oxygen atoms in total. The highest BCUT2D eigenvalue weighted by Gasteiger charge is 2.01. The van der Waals surface area contributed by atoms with Crippen LogP contribution in [0.15, 0.2) is 29.2 Å². The molecule has 0 aliphatic rings. The van der Waals surface area contributed by atoms with Gasteiger partial charge in [0.15, 0.2) is 0 Å². The zero-order valence-electron chi connectivity index (χ0n) is 8.56. The van der Waals surface area contributed by atoms with Crippen molar-refractivity contribution in [3.05, 3.63) is 29.8 Å². The van der Waals surface area contributed by atoms with Crippen LogP contribution in [0.1, 0.15) is 5.56 Å². The summed E-state index contributed by atoms with van der Waals surface area (Å²) < 4.78 is 9.17. The van der Waals surface area contributed by atoms with Crippen molar-refractivity contribution in [3.8, 4) is 0 Å². The summed E-state index contributed by atoms with van der Waals surface area (Å²) in [6, 6.07) is 7.86. The Morgan fingerprint density at radius 3 is 2.53 bits per heavy atom. The van der Waals surface area contributed by atoms with Crippen LogP contribution in [0.2, 0.25) is 0 Å². The number of benzene rings is 1. The second-order valence-corrected chi connectivity index (χ2v) is 5.11. The van der Waals surface area contributed by atoms with E-state index in [1.54, 1.807) is 21.6 Å². The molecule has 0 amide bonds. The van der Waals surface area contributed by atoms with Crippen LogP contribution in [-0.2, 0) is 16.1 Å². The van der Waals surface area contributed by atoms with Crippen molar-refractivity contribution in [1.82, 2.24) is 0 Å². The second-order valence-electron chi connectivity index (χ2n) is 2.64. The average Bonchev–Trinajstić information content (AvgIpc) is 2.28. The van der Waals surface area contributed by atoms with Gasteiger partial charge in [-0.1, -0.05) is 33.7 Å². The number of hydrogen-bond acceptors (Lipinski definition) is 5. The van der Waals surface area contributed by atoms with E-state index >= 15 is 0 Å². The van der Waals surface area contributed by atoms with Gasteiger partial charge < -0.3 is 9.47 Å².